The number of rotatable bonds is 6. The zero-order chi connectivity index (χ0) is 13.6. The first-order chi connectivity index (χ1) is 8.45. The second kappa shape index (κ2) is 6.90. The molecule has 0 bridgehead atoms. The third-order valence-corrected chi connectivity index (χ3v) is 3.38. The van der Waals surface area contributed by atoms with Gasteiger partial charge in [-0.25, -0.2) is 0 Å². The number of carbonyl (C=O) groups is 1. The van der Waals surface area contributed by atoms with Gasteiger partial charge in [0.1, 0.15) is 0 Å². The van der Waals surface area contributed by atoms with E-state index in [1.807, 2.05) is 45.2 Å². The molecule has 3 nitrogen and oxygen atoms in total. The maximum absolute atomic E-state index is 11.8. The predicted octanol–water partition coefficient (Wildman–Crippen LogP) is 2.80. The summed E-state index contributed by atoms with van der Waals surface area (Å²) in [7, 11) is 1.89. The van der Waals surface area contributed by atoms with Crippen LogP contribution in [-0.2, 0) is 10.3 Å². The highest BCUT2D eigenvalue weighted by molar-refractivity contribution is 9.10. The van der Waals surface area contributed by atoms with Crippen LogP contribution in [0, 0.1) is 0 Å². The van der Waals surface area contributed by atoms with E-state index in [0.29, 0.717) is 6.42 Å². The molecule has 0 spiro atoms. The highest BCUT2D eigenvalue weighted by Gasteiger charge is 2.22. The summed E-state index contributed by atoms with van der Waals surface area (Å²) in [6.07, 6.45) is 1.42. The van der Waals surface area contributed by atoms with Gasteiger partial charge in [0.2, 0.25) is 5.91 Å². The average molecular weight is 313 g/mol. The molecule has 0 atom stereocenters. The topological polar surface area (TPSA) is 41.1 Å². The van der Waals surface area contributed by atoms with Gasteiger partial charge in [-0.2, -0.15) is 0 Å². The zero-order valence-corrected chi connectivity index (χ0v) is 12.8. The van der Waals surface area contributed by atoms with Crippen LogP contribution in [0.5, 0.6) is 0 Å². The Labute approximate surface area is 117 Å². The van der Waals surface area contributed by atoms with E-state index in [-0.39, 0.29) is 11.4 Å². The van der Waals surface area contributed by atoms with Crippen molar-refractivity contribution in [3.63, 3.8) is 0 Å². The molecule has 0 saturated heterocycles. The molecule has 0 saturated carbocycles. The van der Waals surface area contributed by atoms with E-state index < -0.39 is 0 Å². The quantitative estimate of drug-likeness (QED) is 0.793. The molecule has 1 aromatic carbocycles. The molecule has 0 aliphatic heterocycles. The fourth-order valence-corrected chi connectivity index (χ4v) is 2.04. The van der Waals surface area contributed by atoms with Crippen LogP contribution in [0.25, 0.3) is 0 Å². The van der Waals surface area contributed by atoms with Gasteiger partial charge in [-0.1, -0.05) is 28.1 Å². The summed E-state index contributed by atoms with van der Waals surface area (Å²) in [5.74, 6) is 0.0955. The third kappa shape index (κ3) is 4.78. The average Bonchev–Trinajstić information content (AvgIpc) is 2.29. The molecule has 4 heteroatoms. The Bertz CT molecular complexity index is 387. The first-order valence-electron chi connectivity index (χ1n) is 6.17. The van der Waals surface area contributed by atoms with Gasteiger partial charge in [0.05, 0.1) is 5.54 Å². The lowest BCUT2D eigenvalue weighted by Crippen LogP contribution is -2.41. The van der Waals surface area contributed by atoms with Gasteiger partial charge >= 0.3 is 0 Å². The van der Waals surface area contributed by atoms with Gasteiger partial charge in [-0.05, 0) is 51.6 Å². The van der Waals surface area contributed by atoms with E-state index in [0.717, 1.165) is 23.0 Å². The third-order valence-electron chi connectivity index (χ3n) is 2.85. The minimum Gasteiger partial charge on any atom is -0.347 e. The number of hydrogen-bond donors (Lipinski definition) is 2. The van der Waals surface area contributed by atoms with E-state index in [4.69, 9.17) is 0 Å². The Balaban J connectivity index is 2.58. The summed E-state index contributed by atoms with van der Waals surface area (Å²) in [4.78, 5) is 11.8. The van der Waals surface area contributed by atoms with Crippen LogP contribution in [0.1, 0.15) is 32.3 Å². The van der Waals surface area contributed by atoms with Crippen molar-refractivity contribution in [3.05, 3.63) is 34.3 Å². The summed E-state index contributed by atoms with van der Waals surface area (Å²) < 4.78 is 1.04. The van der Waals surface area contributed by atoms with Gasteiger partial charge in [0.15, 0.2) is 0 Å². The predicted molar refractivity (Wildman–Crippen MR) is 78.5 cm³/mol. The number of amides is 1. The normalized spacial score (nSPS) is 11.3. The number of hydrogen-bond acceptors (Lipinski definition) is 2. The second-order valence-corrected chi connectivity index (χ2v) is 5.80. The monoisotopic (exact) mass is 312 g/mol. The molecule has 100 valence electrons. The first kappa shape index (κ1) is 15.2. The van der Waals surface area contributed by atoms with Crippen molar-refractivity contribution in [1.82, 2.24) is 10.6 Å². The van der Waals surface area contributed by atoms with Gasteiger partial charge in [0, 0.05) is 10.9 Å². The van der Waals surface area contributed by atoms with Gasteiger partial charge < -0.3 is 10.6 Å². The number of benzene rings is 1. The Kier molecular flexibility index (Phi) is 5.82. The van der Waals surface area contributed by atoms with Gasteiger partial charge in [0.25, 0.3) is 0 Å². The minimum absolute atomic E-state index is 0.0955. The number of carbonyl (C=O) groups excluding carboxylic acids is 1. The van der Waals surface area contributed by atoms with Crippen LogP contribution in [0.4, 0.5) is 0 Å². The van der Waals surface area contributed by atoms with E-state index in [2.05, 4.69) is 26.6 Å². The molecule has 0 aliphatic carbocycles. The number of halogens is 1. The Hall–Kier alpha value is -0.870. The number of nitrogens with one attached hydrogen (secondary N) is 2. The Morgan fingerprint density at radius 2 is 1.89 bits per heavy atom. The van der Waals surface area contributed by atoms with Crippen LogP contribution < -0.4 is 10.6 Å². The lowest BCUT2D eigenvalue weighted by atomic mass is 9.94. The highest BCUT2D eigenvalue weighted by atomic mass is 79.9. The van der Waals surface area contributed by atoms with Crippen molar-refractivity contribution in [1.29, 1.82) is 0 Å². The fourth-order valence-electron chi connectivity index (χ4n) is 1.78. The van der Waals surface area contributed by atoms with Crippen molar-refractivity contribution in [2.75, 3.05) is 13.6 Å². The molecule has 2 N–H and O–H groups in total. The molecular formula is C14H21BrN2O. The molecule has 18 heavy (non-hydrogen) atoms. The first-order valence-corrected chi connectivity index (χ1v) is 6.96. The lowest BCUT2D eigenvalue weighted by Gasteiger charge is -2.27. The smallest absolute Gasteiger partial charge is 0.220 e. The molecule has 1 amide bonds. The fraction of sp³-hybridized carbons (Fsp3) is 0.500. The molecule has 0 aliphatic rings. The standard InChI is InChI=1S/C14H21BrN2O/c1-14(2,11-6-8-12(15)9-7-11)17-13(18)5-4-10-16-3/h6-9,16H,4-5,10H2,1-3H3,(H,17,18). The highest BCUT2D eigenvalue weighted by Crippen LogP contribution is 2.22. The SMILES string of the molecule is CNCCCC(=O)NC(C)(C)c1ccc(Br)cc1. The van der Waals surface area contributed by atoms with Crippen molar-refractivity contribution in [3.8, 4) is 0 Å². The second-order valence-electron chi connectivity index (χ2n) is 4.89. The van der Waals surface area contributed by atoms with Crippen LogP contribution >= 0.6 is 15.9 Å². The summed E-state index contributed by atoms with van der Waals surface area (Å²) in [5, 5.41) is 6.11. The van der Waals surface area contributed by atoms with Gasteiger partial charge in [-0.15, -0.1) is 0 Å². The van der Waals surface area contributed by atoms with E-state index in [1.54, 1.807) is 0 Å². The maximum atomic E-state index is 11.8. The summed E-state index contributed by atoms with van der Waals surface area (Å²) in [5.41, 5.74) is 0.768. The van der Waals surface area contributed by atoms with E-state index in [1.165, 1.54) is 0 Å². The van der Waals surface area contributed by atoms with Crippen molar-refractivity contribution in [2.24, 2.45) is 0 Å². The molecule has 0 heterocycles. The molecular weight excluding hydrogens is 292 g/mol. The zero-order valence-electron chi connectivity index (χ0n) is 11.2. The Morgan fingerprint density at radius 1 is 1.28 bits per heavy atom. The molecule has 1 rings (SSSR count). The molecule has 0 radical (unpaired) electrons. The molecule has 0 aromatic heterocycles. The van der Waals surface area contributed by atoms with Gasteiger partial charge in [-0.3, -0.25) is 4.79 Å². The van der Waals surface area contributed by atoms with E-state index >= 15 is 0 Å². The largest absolute Gasteiger partial charge is 0.347 e. The van der Waals surface area contributed by atoms with Crippen molar-refractivity contribution >= 4 is 21.8 Å². The summed E-state index contributed by atoms with van der Waals surface area (Å²) in [6, 6.07) is 8.03. The molecule has 0 unspecified atom stereocenters. The van der Waals surface area contributed by atoms with Crippen LogP contribution in [0.2, 0.25) is 0 Å². The molecule has 1 aromatic rings. The maximum Gasteiger partial charge on any atom is 0.220 e. The Morgan fingerprint density at radius 3 is 2.44 bits per heavy atom. The van der Waals surface area contributed by atoms with Crippen molar-refractivity contribution < 1.29 is 4.79 Å². The minimum atomic E-state index is -0.336. The van der Waals surface area contributed by atoms with Crippen LogP contribution in [-0.4, -0.2) is 19.5 Å². The summed E-state index contributed by atoms with van der Waals surface area (Å²) in [6.45, 7) is 4.91. The van der Waals surface area contributed by atoms with Crippen molar-refractivity contribution in [2.45, 2.75) is 32.2 Å². The summed E-state index contributed by atoms with van der Waals surface area (Å²) >= 11 is 3.41. The lowest BCUT2D eigenvalue weighted by molar-refractivity contribution is -0.122. The molecule has 0 fully saturated rings. The van der Waals surface area contributed by atoms with Crippen LogP contribution in [0.3, 0.4) is 0 Å². The van der Waals surface area contributed by atoms with Crippen LogP contribution in [0.15, 0.2) is 28.7 Å². The van der Waals surface area contributed by atoms with E-state index in [9.17, 15) is 4.79 Å².